The molecule has 0 saturated carbocycles. The number of nitrogens with one attached hydrogen (secondary N) is 1. The van der Waals surface area contributed by atoms with Crippen LogP contribution in [0.25, 0.3) is 22.0 Å². The van der Waals surface area contributed by atoms with Gasteiger partial charge < -0.3 is 10.4 Å². The number of aromatic carboxylic acids is 1. The van der Waals surface area contributed by atoms with Crippen molar-refractivity contribution in [3.8, 4) is 11.1 Å². The Balaban J connectivity index is 2.07. The Morgan fingerprint density at radius 3 is 2.60 bits per heavy atom. The van der Waals surface area contributed by atoms with Gasteiger partial charge in [0.05, 0.1) is 5.52 Å². The highest BCUT2D eigenvalue weighted by Gasteiger charge is 2.11. The summed E-state index contributed by atoms with van der Waals surface area (Å²) in [5.41, 5.74) is 3.55. The van der Waals surface area contributed by atoms with Crippen LogP contribution in [0.15, 0.2) is 55.1 Å². The molecule has 1 heterocycles. The number of hydrogen-bond donors (Lipinski definition) is 2. The number of aryl methyl sites for hydroxylation is 1. The molecule has 1 aromatic heterocycles. The van der Waals surface area contributed by atoms with E-state index in [1.165, 1.54) is 6.08 Å². The molecule has 6 nitrogen and oxygen atoms in total. The largest absolute Gasteiger partial charge is 0.475 e. The van der Waals surface area contributed by atoms with Gasteiger partial charge in [0.1, 0.15) is 0 Å². The summed E-state index contributed by atoms with van der Waals surface area (Å²) in [4.78, 5) is 30.7. The summed E-state index contributed by atoms with van der Waals surface area (Å²) in [5, 5.41) is 12.6. The predicted octanol–water partition coefficient (Wildman–Crippen LogP) is 3.43. The molecule has 3 aromatic rings. The first-order valence-electron chi connectivity index (χ1n) is 7.53. The van der Waals surface area contributed by atoms with Crippen LogP contribution in [-0.2, 0) is 4.79 Å². The van der Waals surface area contributed by atoms with Crippen molar-refractivity contribution in [3.05, 3.63) is 66.6 Å². The van der Waals surface area contributed by atoms with E-state index in [4.69, 9.17) is 5.11 Å². The normalized spacial score (nSPS) is 10.4. The molecular weight excluding hydrogens is 318 g/mol. The monoisotopic (exact) mass is 333 g/mol. The van der Waals surface area contributed by atoms with Crippen LogP contribution in [0.5, 0.6) is 0 Å². The molecule has 0 saturated heterocycles. The van der Waals surface area contributed by atoms with E-state index < -0.39 is 5.97 Å². The summed E-state index contributed by atoms with van der Waals surface area (Å²) < 4.78 is 0. The maximum atomic E-state index is 11.4. The summed E-state index contributed by atoms with van der Waals surface area (Å²) in [7, 11) is 0. The topological polar surface area (TPSA) is 92.2 Å². The molecule has 0 unspecified atom stereocenters. The van der Waals surface area contributed by atoms with Gasteiger partial charge in [-0.2, -0.15) is 0 Å². The van der Waals surface area contributed by atoms with Crippen molar-refractivity contribution in [2.24, 2.45) is 0 Å². The molecule has 124 valence electrons. The Morgan fingerprint density at radius 2 is 1.88 bits per heavy atom. The minimum Gasteiger partial charge on any atom is -0.475 e. The van der Waals surface area contributed by atoms with Crippen molar-refractivity contribution in [1.82, 2.24) is 9.97 Å². The highest BCUT2D eigenvalue weighted by Crippen LogP contribution is 2.26. The molecule has 1 amide bonds. The second-order valence-corrected chi connectivity index (χ2v) is 5.44. The van der Waals surface area contributed by atoms with Crippen LogP contribution >= 0.6 is 0 Å². The molecule has 25 heavy (non-hydrogen) atoms. The van der Waals surface area contributed by atoms with E-state index in [0.29, 0.717) is 16.9 Å². The van der Waals surface area contributed by atoms with E-state index >= 15 is 0 Å². The van der Waals surface area contributed by atoms with Crippen LogP contribution in [0.4, 0.5) is 5.69 Å². The van der Waals surface area contributed by atoms with E-state index in [2.05, 4.69) is 21.9 Å². The minimum atomic E-state index is -1.16. The van der Waals surface area contributed by atoms with Gasteiger partial charge in [-0.3, -0.25) is 4.79 Å². The molecular formula is C19H15N3O3. The molecule has 2 N–H and O–H groups in total. The lowest BCUT2D eigenvalue weighted by molar-refractivity contribution is -0.111. The van der Waals surface area contributed by atoms with Gasteiger partial charge in [-0.15, -0.1) is 0 Å². The van der Waals surface area contributed by atoms with Crippen molar-refractivity contribution in [2.45, 2.75) is 6.92 Å². The molecule has 0 aliphatic heterocycles. The van der Waals surface area contributed by atoms with Gasteiger partial charge in [0.2, 0.25) is 11.7 Å². The summed E-state index contributed by atoms with van der Waals surface area (Å²) in [6.45, 7) is 5.18. The molecule has 0 atom stereocenters. The molecule has 3 rings (SSSR count). The first-order chi connectivity index (χ1) is 12.0. The van der Waals surface area contributed by atoms with E-state index in [1.54, 1.807) is 13.0 Å². The van der Waals surface area contributed by atoms with Crippen LogP contribution in [0, 0.1) is 6.92 Å². The zero-order valence-electron chi connectivity index (χ0n) is 13.5. The third-order valence-corrected chi connectivity index (χ3v) is 3.73. The third-order valence-electron chi connectivity index (χ3n) is 3.73. The number of carboxylic acid groups (broad SMARTS) is 1. The number of benzene rings is 2. The van der Waals surface area contributed by atoms with Gasteiger partial charge in [-0.1, -0.05) is 30.8 Å². The highest BCUT2D eigenvalue weighted by molar-refractivity contribution is 5.99. The summed E-state index contributed by atoms with van der Waals surface area (Å²) in [5.74, 6) is -1.68. The Hall–Kier alpha value is -3.54. The maximum Gasteiger partial charge on any atom is 0.373 e. The number of carboxylic acids is 1. The van der Waals surface area contributed by atoms with E-state index in [-0.39, 0.29) is 11.7 Å². The Labute approximate surface area is 143 Å². The SMILES string of the molecule is C=CC(=O)Nc1cccc(-c2ccc3c(C)nc(C(=O)O)nc3c2)c1. The average Bonchev–Trinajstić information content (AvgIpc) is 2.61. The summed E-state index contributed by atoms with van der Waals surface area (Å²) >= 11 is 0. The number of aromatic nitrogens is 2. The Morgan fingerprint density at radius 1 is 1.12 bits per heavy atom. The van der Waals surface area contributed by atoms with Crippen molar-refractivity contribution < 1.29 is 14.7 Å². The smallest absolute Gasteiger partial charge is 0.373 e. The number of amides is 1. The molecule has 0 fully saturated rings. The van der Waals surface area contributed by atoms with E-state index in [1.807, 2.05) is 36.4 Å². The Bertz CT molecular complexity index is 1010. The summed E-state index contributed by atoms with van der Waals surface area (Å²) in [6.07, 6.45) is 1.20. The first-order valence-corrected chi connectivity index (χ1v) is 7.53. The minimum absolute atomic E-state index is 0.228. The molecule has 6 heteroatoms. The molecule has 0 spiro atoms. The number of anilines is 1. The van der Waals surface area contributed by atoms with Crippen LogP contribution < -0.4 is 5.32 Å². The zero-order valence-corrected chi connectivity index (χ0v) is 13.5. The number of carbonyl (C=O) groups excluding carboxylic acids is 1. The Kier molecular flexibility index (Phi) is 4.26. The average molecular weight is 333 g/mol. The number of nitrogens with zero attached hydrogens (tertiary/aromatic N) is 2. The number of hydrogen-bond acceptors (Lipinski definition) is 4. The summed E-state index contributed by atoms with van der Waals surface area (Å²) in [6, 6.07) is 12.9. The van der Waals surface area contributed by atoms with Crippen LogP contribution in [0.3, 0.4) is 0 Å². The van der Waals surface area contributed by atoms with Gasteiger partial charge in [0, 0.05) is 16.8 Å². The number of carbonyl (C=O) groups is 2. The zero-order chi connectivity index (χ0) is 18.0. The molecule has 2 aromatic carbocycles. The highest BCUT2D eigenvalue weighted by atomic mass is 16.4. The predicted molar refractivity (Wildman–Crippen MR) is 95.5 cm³/mol. The lowest BCUT2D eigenvalue weighted by atomic mass is 10.0. The standard InChI is InChI=1S/C19H15N3O3/c1-3-17(23)21-14-6-4-5-12(9-14)13-7-8-15-11(2)20-18(19(24)25)22-16(15)10-13/h3-10H,1H2,2H3,(H,21,23)(H,24,25). The lowest BCUT2D eigenvalue weighted by Gasteiger charge is -2.08. The van der Waals surface area contributed by atoms with Crippen LogP contribution in [0.1, 0.15) is 16.3 Å². The van der Waals surface area contributed by atoms with Gasteiger partial charge in [0.25, 0.3) is 0 Å². The van der Waals surface area contributed by atoms with Gasteiger partial charge in [-0.25, -0.2) is 14.8 Å². The second kappa shape index (κ2) is 6.52. The second-order valence-electron chi connectivity index (χ2n) is 5.44. The van der Waals surface area contributed by atoms with Crippen molar-refractivity contribution >= 4 is 28.5 Å². The van der Waals surface area contributed by atoms with Gasteiger partial charge in [0.15, 0.2) is 0 Å². The van der Waals surface area contributed by atoms with E-state index in [9.17, 15) is 9.59 Å². The van der Waals surface area contributed by atoms with Gasteiger partial charge in [-0.05, 0) is 42.3 Å². The lowest BCUT2D eigenvalue weighted by Crippen LogP contribution is -2.07. The molecule has 0 aliphatic rings. The third kappa shape index (κ3) is 3.37. The van der Waals surface area contributed by atoms with Crippen molar-refractivity contribution in [3.63, 3.8) is 0 Å². The van der Waals surface area contributed by atoms with Crippen LogP contribution in [0.2, 0.25) is 0 Å². The van der Waals surface area contributed by atoms with Crippen LogP contribution in [-0.4, -0.2) is 27.0 Å². The van der Waals surface area contributed by atoms with E-state index in [0.717, 1.165) is 16.5 Å². The van der Waals surface area contributed by atoms with Crippen molar-refractivity contribution in [2.75, 3.05) is 5.32 Å². The first kappa shape index (κ1) is 16.3. The fourth-order valence-corrected chi connectivity index (χ4v) is 2.53. The van der Waals surface area contributed by atoms with Crippen molar-refractivity contribution in [1.29, 1.82) is 0 Å². The molecule has 0 radical (unpaired) electrons. The maximum absolute atomic E-state index is 11.4. The fraction of sp³-hybridized carbons (Fsp3) is 0.0526. The quantitative estimate of drug-likeness (QED) is 0.714. The fourth-order valence-electron chi connectivity index (χ4n) is 2.53. The van der Waals surface area contributed by atoms with Gasteiger partial charge >= 0.3 is 5.97 Å². The number of rotatable bonds is 4. The number of fused-ring (bicyclic) bond motifs is 1. The molecule has 0 aliphatic carbocycles. The molecule has 0 bridgehead atoms.